The van der Waals surface area contributed by atoms with Crippen LogP contribution in [0.5, 0.6) is 0 Å². The van der Waals surface area contributed by atoms with Crippen molar-refractivity contribution in [2.45, 2.75) is 6.54 Å². The third-order valence-corrected chi connectivity index (χ3v) is 2.55. The van der Waals surface area contributed by atoms with Gasteiger partial charge in [0.15, 0.2) is 5.11 Å². The number of nitrogens with one attached hydrogen (secondary N) is 2. The first kappa shape index (κ1) is 12.5. The molecule has 18 heavy (non-hydrogen) atoms. The number of aromatic nitrogens is 2. The SMILES string of the molecule is Cn1ccc(CNC(=S)Nc2ccc(F)cc2)n1. The number of halogens is 1. The molecule has 0 aliphatic carbocycles. The molecule has 0 aliphatic heterocycles. The molecule has 1 heterocycles. The molecule has 0 amide bonds. The van der Waals surface area contributed by atoms with E-state index in [1.807, 2.05) is 19.3 Å². The van der Waals surface area contributed by atoms with Crippen molar-refractivity contribution in [1.82, 2.24) is 15.1 Å². The van der Waals surface area contributed by atoms with Crippen LogP contribution in [0.4, 0.5) is 10.1 Å². The Hall–Kier alpha value is -1.95. The van der Waals surface area contributed by atoms with E-state index in [0.717, 1.165) is 11.4 Å². The van der Waals surface area contributed by atoms with Crippen molar-refractivity contribution in [2.75, 3.05) is 5.32 Å². The second-order valence-electron chi connectivity index (χ2n) is 3.80. The summed E-state index contributed by atoms with van der Waals surface area (Å²) in [5.41, 5.74) is 1.65. The number of nitrogens with zero attached hydrogens (tertiary/aromatic N) is 2. The summed E-state index contributed by atoms with van der Waals surface area (Å²) >= 11 is 5.12. The van der Waals surface area contributed by atoms with Crippen LogP contribution in [0, 0.1) is 5.82 Å². The molecule has 0 radical (unpaired) electrons. The van der Waals surface area contributed by atoms with Gasteiger partial charge in [-0.05, 0) is 42.5 Å². The van der Waals surface area contributed by atoms with Crippen LogP contribution in [0.2, 0.25) is 0 Å². The Balaban J connectivity index is 1.83. The van der Waals surface area contributed by atoms with Gasteiger partial charge in [0.25, 0.3) is 0 Å². The number of anilines is 1. The minimum absolute atomic E-state index is 0.270. The molecule has 0 spiro atoms. The minimum atomic E-state index is -0.270. The van der Waals surface area contributed by atoms with Gasteiger partial charge in [0.1, 0.15) is 5.82 Å². The lowest BCUT2D eigenvalue weighted by Crippen LogP contribution is -2.28. The molecule has 0 atom stereocenters. The van der Waals surface area contributed by atoms with Crippen LogP contribution < -0.4 is 10.6 Å². The predicted molar refractivity (Wildman–Crippen MR) is 72.7 cm³/mol. The smallest absolute Gasteiger partial charge is 0.171 e. The van der Waals surface area contributed by atoms with Crippen LogP contribution in [0.25, 0.3) is 0 Å². The second-order valence-corrected chi connectivity index (χ2v) is 4.20. The largest absolute Gasteiger partial charge is 0.357 e. The van der Waals surface area contributed by atoms with E-state index in [2.05, 4.69) is 15.7 Å². The molecular weight excluding hydrogens is 251 g/mol. The van der Waals surface area contributed by atoms with Crippen molar-refractivity contribution in [3.8, 4) is 0 Å². The first-order valence-electron chi connectivity index (χ1n) is 5.42. The van der Waals surface area contributed by atoms with E-state index in [1.165, 1.54) is 12.1 Å². The van der Waals surface area contributed by atoms with E-state index >= 15 is 0 Å². The van der Waals surface area contributed by atoms with Gasteiger partial charge in [-0.3, -0.25) is 4.68 Å². The van der Waals surface area contributed by atoms with Crippen molar-refractivity contribution >= 4 is 23.0 Å². The van der Waals surface area contributed by atoms with Crippen molar-refractivity contribution in [2.24, 2.45) is 7.05 Å². The molecule has 1 aromatic heterocycles. The Labute approximate surface area is 110 Å². The quantitative estimate of drug-likeness (QED) is 0.833. The van der Waals surface area contributed by atoms with Crippen LogP contribution in [0.15, 0.2) is 36.5 Å². The topological polar surface area (TPSA) is 41.9 Å². The first-order valence-corrected chi connectivity index (χ1v) is 5.83. The Bertz CT molecular complexity index is 535. The van der Waals surface area contributed by atoms with E-state index in [1.54, 1.807) is 16.8 Å². The average Bonchev–Trinajstić information content (AvgIpc) is 2.76. The van der Waals surface area contributed by atoms with Crippen LogP contribution in [-0.4, -0.2) is 14.9 Å². The van der Waals surface area contributed by atoms with Gasteiger partial charge in [-0.25, -0.2) is 4.39 Å². The summed E-state index contributed by atoms with van der Waals surface area (Å²) in [5.74, 6) is -0.270. The number of benzene rings is 1. The van der Waals surface area contributed by atoms with Crippen molar-refractivity contribution in [1.29, 1.82) is 0 Å². The normalized spacial score (nSPS) is 10.1. The highest BCUT2D eigenvalue weighted by Gasteiger charge is 2.00. The van der Waals surface area contributed by atoms with E-state index in [-0.39, 0.29) is 5.82 Å². The lowest BCUT2D eigenvalue weighted by atomic mass is 10.3. The molecule has 4 nitrogen and oxygen atoms in total. The number of hydrogen-bond donors (Lipinski definition) is 2. The molecule has 1 aromatic carbocycles. The zero-order valence-electron chi connectivity index (χ0n) is 9.85. The minimum Gasteiger partial charge on any atom is -0.357 e. The number of thiocarbonyl (C=S) groups is 1. The number of aryl methyl sites for hydroxylation is 1. The Morgan fingerprint density at radius 3 is 2.67 bits per heavy atom. The van der Waals surface area contributed by atoms with Crippen LogP contribution in [0.3, 0.4) is 0 Å². The lowest BCUT2D eigenvalue weighted by Gasteiger charge is -2.09. The fourth-order valence-corrected chi connectivity index (χ4v) is 1.63. The molecule has 0 saturated carbocycles. The Morgan fingerprint density at radius 2 is 2.06 bits per heavy atom. The summed E-state index contributed by atoms with van der Waals surface area (Å²) in [6.07, 6.45) is 1.87. The molecule has 0 aliphatic rings. The third kappa shape index (κ3) is 3.53. The van der Waals surface area contributed by atoms with Gasteiger partial charge in [-0.2, -0.15) is 5.10 Å². The van der Waals surface area contributed by atoms with Gasteiger partial charge in [-0.1, -0.05) is 0 Å². The molecular formula is C12H13FN4S. The molecule has 2 aromatic rings. The van der Waals surface area contributed by atoms with Crippen molar-refractivity contribution < 1.29 is 4.39 Å². The summed E-state index contributed by atoms with van der Waals surface area (Å²) in [5, 5.41) is 10.7. The van der Waals surface area contributed by atoms with Gasteiger partial charge >= 0.3 is 0 Å². The third-order valence-electron chi connectivity index (χ3n) is 2.30. The van der Waals surface area contributed by atoms with Crippen LogP contribution >= 0.6 is 12.2 Å². The molecule has 94 valence electrons. The van der Waals surface area contributed by atoms with Crippen LogP contribution in [0.1, 0.15) is 5.69 Å². The highest BCUT2D eigenvalue weighted by molar-refractivity contribution is 7.80. The summed E-state index contributed by atoms with van der Waals surface area (Å²) in [6.45, 7) is 0.549. The molecule has 0 bridgehead atoms. The average molecular weight is 264 g/mol. The first-order chi connectivity index (χ1) is 8.63. The summed E-state index contributed by atoms with van der Waals surface area (Å²) in [7, 11) is 1.86. The monoisotopic (exact) mass is 264 g/mol. The van der Waals surface area contributed by atoms with Gasteiger partial charge in [-0.15, -0.1) is 0 Å². The summed E-state index contributed by atoms with van der Waals surface area (Å²) < 4.78 is 14.4. The molecule has 0 unspecified atom stereocenters. The van der Waals surface area contributed by atoms with Crippen molar-refractivity contribution in [3.63, 3.8) is 0 Å². The number of hydrogen-bond acceptors (Lipinski definition) is 2. The van der Waals surface area contributed by atoms with Gasteiger partial charge < -0.3 is 10.6 Å². The molecule has 6 heteroatoms. The Morgan fingerprint density at radius 1 is 1.33 bits per heavy atom. The fourth-order valence-electron chi connectivity index (χ4n) is 1.44. The van der Waals surface area contributed by atoms with E-state index in [9.17, 15) is 4.39 Å². The molecule has 2 N–H and O–H groups in total. The zero-order chi connectivity index (χ0) is 13.0. The van der Waals surface area contributed by atoms with Gasteiger partial charge in [0, 0.05) is 18.9 Å². The Kier molecular flexibility index (Phi) is 3.88. The van der Waals surface area contributed by atoms with E-state index in [0.29, 0.717) is 11.7 Å². The van der Waals surface area contributed by atoms with Crippen molar-refractivity contribution in [3.05, 3.63) is 48.0 Å². The fraction of sp³-hybridized carbons (Fsp3) is 0.167. The maximum atomic E-state index is 12.7. The molecule has 2 rings (SSSR count). The van der Waals surface area contributed by atoms with E-state index < -0.39 is 0 Å². The van der Waals surface area contributed by atoms with Crippen LogP contribution in [-0.2, 0) is 13.6 Å². The maximum Gasteiger partial charge on any atom is 0.171 e. The highest BCUT2D eigenvalue weighted by atomic mass is 32.1. The molecule has 0 fully saturated rings. The number of rotatable bonds is 3. The second kappa shape index (κ2) is 5.59. The predicted octanol–water partition coefficient (Wildman–Crippen LogP) is 2.05. The lowest BCUT2D eigenvalue weighted by molar-refractivity contribution is 0.628. The zero-order valence-corrected chi connectivity index (χ0v) is 10.7. The highest BCUT2D eigenvalue weighted by Crippen LogP contribution is 2.07. The van der Waals surface area contributed by atoms with Gasteiger partial charge in [0.2, 0.25) is 0 Å². The van der Waals surface area contributed by atoms with Gasteiger partial charge in [0.05, 0.1) is 12.2 Å². The summed E-state index contributed by atoms with van der Waals surface area (Å²) in [6, 6.07) is 7.93. The standard InChI is InChI=1S/C12H13FN4S/c1-17-7-6-11(16-17)8-14-12(18)15-10-4-2-9(13)3-5-10/h2-7H,8H2,1H3,(H2,14,15,18). The maximum absolute atomic E-state index is 12.7. The summed E-state index contributed by atoms with van der Waals surface area (Å²) in [4.78, 5) is 0. The molecule has 0 saturated heterocycles. The van der Waals surface area contributed by atoms with E-state index in [4.69, 9.17) is 12.2 Å².